The molecule has 0 spiro atoms. The van der Waals surface area contributed by atoms with Crippen LogP contribution in [0.1, 0.15) is 62.0 Å². The molecule has 5 aliphatic heterocycles. The van der Waals surface area contributed by atoms with Crippen LogP contribution in [0.15, 0.2) is 24.3 Å². The average Bonchev–Trinajstić information content (AvgIpc) is 3.72. The van der Waals surface area contributed by atoms with Crippen molar-refractivity contribution in [2.75, 3.05) is 31.1 Å². The SMILES string of the molecule is C#Cc1c(F)ccc2cc(O)cc(C3C(F)=c4nc(OC[C@@]56CCCN5C[C@H](F)C6)nc5c4=C3CC[C@@H]3[C@@H]4CC[C@H](CN53)N4)c12. The molecule has 2 N–H and O–H groups in total. The Kier molecular flexibility index (Phi) is 6.01. The van der Waals surface area contributed by atoms with Crippen molar-refractivity contribution in [2.45, 2.75) is 80.7 Å². The number of rotatable bonds is 4. The molecule has 9 rings (SSSR count). The van der Waals surface area contributed by atoms with Gasteiger partial charge in [-0.05, 0) is 79.8 Å². The largest absolute Gasteiger partial charge is 0.508 e. The Bertz CT molecular complexity index is 1940. The summed E-state index contributed by atoms with van der Waals surface area (Å²) in [5.74, 6) is 1.10. The molecule has 6 heterocycles. The number of hydrogen-bond acceptors (Lipinski definition) is 7. The van der Waals surface area contributed by atoms with E-state index in [2.05, 4.69) is 21.0 Å². The fourth-order valence-electron chi connectivity index (χ4n) is 9.46. The monoisotopic (exact) mass is 613 g/mol. The van der Waals surface area contributed by atoms with E-state index >= 15 is 8.78 Å². The van der Waals surface area contributed by atoms with Gasteiger partial charge in [0.25, 0.3) is 0 Å². The van der Waals surface area contributed by atoms with E-state index in [9.17, 15) is 9.50 Å². The number of fused-ring (bicyclic) bond motifs is 7. The molecule has 1 aliphatic carbocycles. The van der Waals surface area contributed by atoms with Crippen molar-refractivity contribution in [1.82, 2.24) is 20.2 Å². The highest BCUT2D eigenvalue weighted by Gasteiger charge is 2.50. The van der Waals surface area contributed by atoms with Crippen LogP contribution in [-0.4, -0.2) is 76.1 Å². The minimum atomic E-state index is -0.913. The van der Waals surface area contributed by atoms with Crippen molar-refractivity contribution in [1.29, 1.82) is 0 Å². The van der Waals surface area contributed by atoms with Gasteiger partial charge < -0.3 is 20.1 Å². The number of nitrogens with zero attached hydrogens (tertiary/aromatic N) is 4. The van der Waals surface area contributed by atoms with Crippen molar-refractivity contribution in [3.63, 3.8) is 0 Å². The number of hydrogen-bond donors (Lipinski definition) is 2. The van der Waals surface area contributed by atoms with Crippen LogP contribution in [0.2, 0.25) is 0 Å². The van der Waals surface area contributed by atoms with Crippen molar-refractivity contribution >= 4 is 28.0 Å². The number of halogens is 3. The van der Waals surface area contributed by atoms with E-state index in [1.165, 1.54) is 18.2 Å². The van der Waals surface area contributed by atoms with E-state index in [1.54, 1.807) is 6.07 Å². The fraction of sp³-hybridized carbons (Fsp3) is 0.486. The lowest BCUT2D eigenvalue weighted by Crippen LogP contribution is -2.59. The summed E-state index contributed by atoms with van der Waals surface area (Å²) in [6.45, 7) is 2.23. The zero-order valence-corrected chi connectivity index (χ0v) is 24.8. The van der Waals surface area contributed by atoms with E-state index in [0.29, 0.717) is 58.8 Å². The molecule has 1 unspecified atom stereocenters. The molecule has 2 bridgehead atoms. The van der Waals surface area contributed by atoms with Crippen molar-refractivity contribution in [3.05, 3.63) is 51.8 Å². The molecular formula is C35H34F3N5O2. The summed E-state index contributed by atoms with van der Waals surface area (Å²) in [6.07, 6.45) is 10.6. The smallest absolute Gasteiger partial charge is 0.319 e. The summed E-state index contributed by atoms with van der Waals surface area (Å²) < 4.78 is 52.9. The van der Waals surface area contributed by atoms with Gasteiger partial charge >= 0.3 is 6.01 Å². The zero-order valence-electron chi connectivity index (χ0n) is 24.8. The molecule has 7 nitrogen and oxygen atoms in total. The van der Waals surface area contributed by atoms with Crippen LogP contribution < -0.4 is 25.5 Å². The maximum atomic E-state index is 17.0. The Balaban J connectivity index is 1.23. The number of phenolic OH excluding ortho intramolecular Hbond substituents is 1. The van der Waals surface area contributed by atoms with Crippen LogP contribution in [-0.2, 0) is 0 Å². The molecule has 2 aromatic carbocycles. The van der Waals surface area contributed by atoms with Crippen LogP contribution in [0.5, 0.6) is 11.8 Å². The Morgan fingerprint density at radius 3 is 2.91 bits per heavy atom. The van der Waals surface area contributed by atoms with Crippen LogP contribution >= 0.6 is 0 Å². The van der Waals surface area contributed by atoms with Gasteiger partial charge in [-0.15, -0.1) is 6.42 Å². The lowest BCUT2D eigenvalue weighted by molar-refractivity contribution is 0.107. The van der Waals surface area contributed by atoms with Crippen LogP contribution in [0.25, 0.3) is 22.2 Å². The summed E-state index contributed by atoms with van der Waals surface area (Å²) in [7, 11) is 0. The van der Waals surface area contributed by atoms with Crippen LogP contribution in [0, 0.1) is 18.2 Å². The lowest BCUT2D eigenvalue weighted by Gasteiger charge is -2.41. The number of anilines is 1. The topological polar surface area (TPSA) is 73.8 Å². The maximum Gasteiger partial charge on any atom is 0.319 e. The molecule has 6 aliphatic rings. The highest BCUT2D eigenvalue weighted by atomic mass is 19.1. The third-order valence-electron chi connectivity index (χ3n) is 11.3. The number of alkyl halides is 1. The first-order chi connectivity index (χ1) is 21.8. The number of piperazine rings is 1. The standard InChI is InChI=1S/C35H34F3N5O2/c1-2-22-25(37)7-4-18-12-21(44)13-24(28(18)22)29-23-6-9-27-26-8-5-20(39-26)16-43(27)33-30(23)32(31(29)38)40-34(41-33)45-17-35-10-3-11-42(35)15-19(36)14-35/h1,4,7,12-13,19-20,26-27,29,39,44H,3,5-6,8-11,14-17H2/t19-,20-,26+,27-,29?,35+/m1/s1. The van der Waals surface area contributed by atoms with Gasteiger partial charge in [0, 0.05) is 48.2 Å². The van der Waals surface area contributed by atoms with Crippen LogP contribution in [0.3, 0.4) is 0 Å². The Hall–Kier alpha value is -3.81. The number of benzene rings is 2. The van der Waals surface area contributed by atoms with Crippen LogP contribution in [0.4, 0.5) is 19.0 Å². The molecule has 3 aromatic rings. The minimum absolute atomic E-state index is 0.0397. The maximum absolute atomic E-state index is 17.0. The summed E-state index contributed by atoms with van der Waals surface area (Å²) in [6, 6.07) is 6.70. The second-order valence-corrected chi connectivity index (χ2v) is 13.7. The van der Waals surface area contributed by atoms with Gasteiger partial charge in [0.1, 0.15) is 41.3 Å². The number of phenols is 1. The highest BCUT2D eigenvalue weighted by Crippen LogP contribution is 2.46. The normalized spacial score (nSPS) is 31.6. The number of nitrogens with one attached hydrogen (secondary N) is 1. The second-order valence-electron chi connectivity index (χ2n) is 13.7. The van der Waals surface area contributed by atoms with Gasteiger partial charge in [-0.1, -0.05) is 12.0 Å². The van der Waals surface area contributed by atoms with Gasteiger partial charge in [-0.25, -0.2) is 13.2 Å². The molecule has 4 saturated heterocycles. The molecule has 6 atom stereocenters. The third-order valence-corrected chi connectivity index (χ3v) is 11.3. The first kappa shape index (κ1) is 27.5. The van der Waals surface area contributed by atoms with Gasteiger partial charge in [0.05, 0.1) is 17.0 Å². The van der Waals surface area contributed by atoms with Gasteiger partial charge in [0.15, 0.2) is 0 Å². The molecule has 232 valence electrons. The molecule has 45 heavy (non-hydrogen) atoms. The van der Waals surface area contributed by atoms with Crippen molar-refractivity contribution in [3.8, 4) is 24.1 Å². The number of ether oxygens (including phenoxy) is 1. The van der Waals surface area contributed by atoms with Gasteiger partial charge in [-0.3, -0.25) is 4.90 Å². The van der Waals surface area contributed by atoms with Crippen molar-refractivity contribution in [2.24, 2.45) is 0 Å². The number of aromatic hydroxyl groups is 1. The van der Waals surface area contributed by atoms with E-state index in [4.69, 9.17) is 21.1 Å². The third kappa shape index (κ3) is 3.99. The first-order valence-corrected chi connectivity index (χ1v) is 16.1. The Morgan fingerprint density at radius 2 is 2.04 bits per heavy atom. The van der Waals surface area contributed by atoms with E-state index in [0.717, 1.165) is 50.8 Å². The summed E-state index contributed by atoms with van der Waals surface area (Å²) >= 11 is 0. The summed E-state index contributed by atoms with van der Waals surface area (Å²) in [5, 5.41) is 16.3. The number of aromatic nitrogens is 2. The fourth-order valence-corrected chi connectivity index (χ4v) is 9.46. The van der Waals surface area contributed by atoms with E-state index in [1.807, 2.05) is 0 Å². The van der Waals surface area contributed by atoms with Crippen molar-refractivity contribution < 1.29 is 23.0 Å². The minimum Gasteiger partial charge on any atom is -0.508 e. The quantitative estimate of drug-likeness (QED) is 0.437. The molecule has 0 radical (unpaired) electrons. The molecule has 0 saturated carbocycles. The molecule has 0 amide bonds. The summed E-state index contributed by atoms with van der Waals surface area (Å²) in [5.41, 5.74) is 0.865. The zero-order chi connectivity index (χ0) is 30.6. The Labute approximate surface area is 258 Å². The number of terminal acetylenes is 1. The first-order valence-electron chi connectivity index (χ1n) is 16.1. The molecule has 10 heteroatoms. The summed E-state index contributed by atoms with van der Waals surface area (Å²) in [4.78, 5) is 14.2. The highest BCUT2D eigenvalue weighted by molar-refractivity contribution is 5.96. The predicted octanol–water partition coefficient (Wildman–Crippen LogP) is 3.54. The lowest BCUT2D eigenvalue weighted by atomic mass is 9.84. The average molecular weight is 614 g/mol. The molecular weight excluding hydrogens is 579 g/mol. The Morgan fingerprint density at radius 1 is 1.16 bits per heavy atom. The second kappa shape index (κ2) is 9.84. The van der Waals surface area contributed by atoms with Gasteiger partial charge in [0.2, 0.25) is 0 Å². The molecule has 1 aromatic heterocycles. The van der Waals surface area contributed by atoms with Gasteiger partial charge in [-0.2, -0.15) is 9.97 Å². The predicted molar refractivity (Wildman–Crippen MR) is 164 cm³/mol. The van der Waals surface area contributed by atoms with E-state index in [-0.39, 0.29) is 35.3 Å². The van der Waals surface area contributed by atoms with E-state index < -0.39 is 29.3 Å². The molecule has 4 fully saturated rings.